The van der Waals surface area contributed by atoms with Crippen molar-refractivity contribution < 1.29 is 9.90 Å². The van der Waals surface area contributed by atoms with Crippen molar-refractivity contribution in [3.05, 3.63) is 0 Å². The molecule has 92 valence electrons. The summed E-state index contributed by atoms with van der Waals surface area (Å²) in [6.07, 6.45) is 1.48. The quantitative estimate of drug-likeness (QED) is 0.698. The van der Waals surface area contributed by atoms with Crippen LogP contribution in [0.25, 0.3) is 0 Å². The van der Waals surface area contributed by atoms with Gasteiger partial charge in [-0.1, -0.05) is 12.2 Å². The van der Waals surface area contributed by atoms with Crippen LogP contribution in [0.15, 0.2) is 0 Å². The van der Waals surface area contributed by atoms with Crippen LogP contribution in [0.5, 0.6) is 0 Å². The first-order valence-electron chi connectivity index (χ1n) is 5.54. The first kappa shape index (κ1) is 13.4. The van der Waals surface area contributed by atoms with E-state index in [4.69, 9.17) is 18.0 Å². The maximum atomic E-state index is 12.2. The zero-order valence-corrected chi connectivity index (χ0v) is 10.9. The highest BCUT2D eigenvalue weighted by Crippen LogP contribution is 2.47. The number of amides is 1. The molecule has 16 heavy (non-hydrogen) atoms. The highest BCUT2D eigenvalue weighted by molar-refractivity contribution is 7.80. The van der Waals surface area contributed by atoms with Gasteiger partial charge in [-0.05, 0) is 33.6 Å². The van der Waals surface area contributed by atoms with Crippen LogP contribution in [0.1, 0.15) is 33.6 Å². The Labute approximate surface area is 102 Å². The summed E-state index contributed by atoms with van der Waals surface area (Å²) in [4.78, 5) is 14.1. The minimum absolute atomic E-state index is 0.0374. The van der Waals surface area contributed by atoms with Gasteiger partial charge < -0.3 is 15.7 Å². The molecule has 3 N–H and O–H groups in total. The summed E-state index contributed by atoms with van der Waals surface area (Å²) in [6.45, 7) is 6.13. The molecule has 0 heterocycles. The Morgan fingerprint density at radius 1 is 1.56 bits per heavy atom. The SMILES string of the molecule is CCN(CC(C)(C)O)C(=O)C1(C(N)=S)CC1. The van der Waals surface area contributed by atoms with Crippen molar-refractivity contribution in [1.29, 1.82) is 0 Å². The number of nitrogens with two attached hydrogens (primary N) is 1. The van der Waals surface area contributed by atoms with Crippen molar-refractivity contribution in [3.8, 4) is 0 Å². The fourth-order valence-electron chi connectivity index (χ4n) is 1.79. The molecule has 0 aromatic carbocycles. The van der Waals surface area contributed by atoms with Crippen LogP contribution < -0.4 is 5.73 Å². The molecule has 1 aliphatic carbocycles. The fraction of sp³-hybridized carbons (Fsp3) is 0.818. The topological polar surface area (TPSA) is 66.6 Å². The molecule has 0 aromatic rings. The standard InChI is InChI=1S/C11H20N2O2S/c1-4-13(7-10(2,3)15)9(14)11(5-6-11)8(12)16/h15H,4-7H2,1-3H3,(H2,12,16). The van der Waals surface area contributed by atoms with Gasteiger partial charge in [-0.3, -0.25) is 4.79 Å². The molecule has 1 amide bonds. The molecule has 0 atom stereocenters. The molecule has 1 aliphatic rings. The van der Waals surface area contributed by atoms with Crippen LogP contribution >= 0.6 is 12.2 Å². The van der Waals surface area contributed by atoms with E-state index in [9.17, 15) is 9.90 Å². The lowest BCUT2D eigenvalue weighted by Crippen LogP contribution is -2.48. The van der Waals surface area contributed by atoms with Crippen LogP contribution in [0, 0.1) is 5.41 Å². The highest BCUT2D eigenvalue weighted by Gasteiger charge is 2.54. The third kappa shape index (κ3) is 2.71. The number of rotatable bonds is 5. The molecule has 4 nitrogen and oxygen atoms in total. The molecule has 0 bridgehead atoms. The Morgan fingerprint density at radius 3 is 2.31 bits per heavy atom. The molecule has 0 saturated heterocycles. The van der Waals surface area contributed by atoms with Crippen LogP contribution in [0.4, 0.5) is 0 Å². The number of thiocarbonyl (C=S) groups is 1. The van der Waals surface area contributed by atoms with Crippen molar-refractivity contribution in [1.82, 2.24) is 4.90 Å². The number of carbonyl (C=O) groups is 1. The van der Waals surface area contributed by atoms with Crippen LogP contribution in [0.2, 0.25) is 0 Å². The predicted octanol–water partition coefficient (Wildman–Crippen LogP) is 0.672. The van der Waals surface area contributed by atoms with Gasteiger partial charge in [0.2, 0.25) is 5.91 Å². The van der Waals surface area contributed by atoms with E-state index in [0.717, 1.165) is 12.8 Å². The minimum Gasteiger partial charge on any atom is -0.392 e. The van der Waals surface area contributed by atoms with E-state index in [1.807, 2.05) is 6.92 Å². The molecule has 0 aromatic heterocycles. The van der Waals surface area contributed by atoms with Gasteiger partial charge in [0.15, 0.2) is 0 Å². The molecule has 0 spiro atoms. The summed E-state index contributed by atoms with van der Waals surface area (Å²) in [5, 5.41) is 9.73. The fourth-order valence-corrected chi connectivity index (χ4v) is 2.08. The third-order valence-corrected chi connectivity index (χ3v) is 3.27. The van der Waals surface area contributed by atoms with E-state index in [0.29, 0.717) is 13.1 Å². The average Bonchev–Trinajstić information content (AvgIpc) is 2.92. The van der Waals surface area contributed by atoms with E-state index in [1.54, 1.807) is 18.7 Å². The van der Waals surface area contributed by atoms with Gasteiger partial charge in [-0.2, -0.15) is 0 Å². The summed E-state index contributed by atoms with van der Waals surface area (Å²) >= 11 is 4.95. The van der Waals surface area contributed by atoms with Gasteiger partial charge in [0.1, 0.15) is 0 Å². The van der Waals surface area contributed by atoms with E-state index in [1.165, 1.54) is 0 Å². The van der Waals surface area contributed by atoms with Crippen molar-refractivity contribution in [2.24, 2.45) is 11.1 Å². The Bertz CT molecular complexity index is 306. The lowest BCUT2D eigenvalue weighted by Gasteiger charge is -2.31. The molecule has 0 unspecified atom stereocenters. The summed E-state index contributed by atoms with van der Waals surface area (Å²) in [6, 6.07) is 0. The summed E-state index contributed by atoms with van der Waals surface area (Å²) in [5.41, 5.74) is 4.11. The Balaban J connectivity index is 2.75. The molecule has 0 radical (unpaired) electrons. The van der Waals surface area contributed by atoms with Gasteiger partial charge in [-0.15, -0.1) is 0 Å². The first-order valence-corrected chi connectivity index (χ1v) is 5.95. The summed E-state index contributed by atoms with van der Waals surface area (Å²) in [5.74, 6) is -0.0374. The summed E-state index contributed by atoms with van der Waals surface area (Å²) < 4.78 is 0. The number of likely N-dealkylation sites (N-methyl/N-ethyl adjacent to an activating group) is 1. The third-order valence-electron chi connectivity index (χ3n) is 2.88. The molecular formula is C11H20N2O2S. The molecule has 1 fully saturated rings. The number of carbonyl (C=O) groups excluding carboxylic acids is 1. The van der Waals surface area contributed by atoms with E-state index in [2.05, 4.69) is 0 Å². The highest BCUT2D eigenvalue weighted by atomic mass is 32.1. The maximum absolute atomic E-state index is 12.2. The molecule has 0 aliphatic heterocycles. The number of hydrogen-bond acceptors (Lipinski definition) is 3. The van der Waals surface area contributed by atoms with Gasteiger partial charge in [0, 0.05) is 13.1 Å². The Hall–Kier alpha value is -0.680. The van der Waals surface area contributed by atoms with Crippen molar-refractivity contribution in [3.63, 3.8) is 0 Å². The van der Waals surface area contributed by atoms with E-state index in [-0.39, 0.29) is 10.9 Å². The largest absolute Gasteiger partial charge is 0.392 e. The van der Waals surface area contributed by atoms with Gasteiger partial charge in [-0.25, -0.2) is 0 Å². The summed E-state index contributed by atoms with van der Waals surface area (Å²) in [7, 11) is 0. The molecule has 1 saturated carbocycles. The van der Waals surface area contributed by atoms with Crippen LogP contribution in [-0.2, 0) is 4.79 Å². The van der Waals surface area contributed by atoms with E-state index >= 15 is 0 Å². The monoisotopic (exact) mass is 244 g/mol. The molecule has 1 rings (SSSR count). The van der Waals surface area contributed by atoms with Crippen LogP contribution in [-0.4, -0.2) is 39.6 Å². The zero-order chi connectivity index (χ0) is 12.6. The lowest BCUT2D eigenvalue weighted by atomic mass is 10.0. The predicted molar refractivity (Wildman–Crippen MR) is 67.0 cm³/mol. The van der Waals surface area contributed by atoms with Crippen molar-refractivity contribution in [2.45, 2.75) is 39.2 Å². The van der Waals surface area contributed by atoms with Gasteiger partial charge >= 0.3 is 0 Å². The van der Waals surface area contributed by atoms with Crippen molar-refractivity contribution in [2.75, 3.05) is 13.1 Å². The number of aliphatic hydroxyl groups is 1. The molecular weight excluding hydrogens is 224 g/mol. The second-order valence-electron chi connectivity index (χ2n) is 5.08. The Kier molecular flexibility index (Phi) is 3.59. The Morgan fingerprint density at radius 2 is 2.06 bits per heavy atom. The van der Waals surface area contributed by atoms with E-state index < -0.39 is 11.0 Å². The minimum atomic E-state index is -0.891. The number of hydrogen-bond donors (Lipinski definition) is 2. The average molecular weight is 244 g/mol. The van der Waals surface area contributed by atoms with Crippen molar-refractivity contribution >= 4 is 23.1 Å². The second kappa shape index (κ2) is 4.30. The van der Waals surface area contributed by atoms with Gasteiger partial charge in [0.05, 0.1) is 16.0 Å². The first-order chi connectivity index (χ1) is 7.23. The zero-order valence-electron chi connectivity index (χ0n) is 10.1. The second-order valence-corrected chi connectivity index (χ2v) is 5.52. The van der Waals surface area contributed by atoms with Crippen LogP contribution in [0.3, 0.4) is 0 Å². The number of nitrogens with zero attached hydrogens (tertiary/aromatic N) is 1. The molecule has 5 heteroatoms. The lowest BCUT2D eigenvalue weighted by molar-refractivity contribution is -0.137. The maximum Gasteiger partial charge on any atom is 0.235 e. The van der Waals surface area contributed by atoms with Gasteiger partial charge in [0.25, 0.3) is 0 Å². The normalized spacial score (nSPS) is 18.0. The smallest absolute Gasteiger partial charge is 0.235 e.